The molecule has 0 aliphatic rings. The Morgan fingerprint density at radius 1 is 1.56 bits per heavy atom. The highest BCUT2D eigenvalue weighted by molar-refractivity contribution is 5.82. The molecular weight excluding hydrogens is 120 g/mol. The molecule has 0 saturated heterocycles. The summed E-state index contributed by atoms with van der Waals surface area (Å²) in [5.74, 6) is -1.05. The van der Waals surface area contributed by atoms with Crippen LogP contribution in [0, 0.1) is 0 Å². The number of Topliss-reactive ketones (excluding diaryl/α,β-unsaturated/α-hetero) is 1. The first-order chi connectivity index (χ1) is 4.13. The first kappa shape index (κ1) is 7.88. The van der Waals surface area contributed by atoms with Crippen molar-refractivity contribution in [2.24, 2.45) is 0 Å². The smallest absolute Gasteiger partial charge is 0.327 e. The van der Waals surface area contributed by atoms with E-state index in [9.17, 15) is 9.59 Å². The number of ketones is 1. The average Bonchev–Trinajstić information content (AvgIpc) is 1.63. The lowest BCUT2D eigenvalue weighted by atomic mass is 10.3. The third-order valence-corrected chi connectivity index (χ3v) is 0.666. The van der Waals surface area contributed by atoms with Crippen molar-refractivity contribution >= 4 is 11.8 Å². The molecule has 1 N–H and O–H groups in total. The minimum Gasteiger partial charge on any atom is -0.478 e. The average molecular weight is 128 g/mol. The van der Waals surface area contributed by atoms with Crippen LogP contribution in [0.1, 0.15) is 13.3 Å². The minimum absolute atomic E-state index is 0.0347. The standard InChI is InChI=1S/C6H8O3/c1-5(7)3-2-4-6(8)9/h2,4H,3H2,1H3,(H,8,9). The lowest BCUT2D eigenvalue weighted by Gasteiger charge is -1.80. The van der Waals surface area contributed by atoms with Crippen LogP contribution in [0.25, 0.3) is 0 Å². The van der Waals surface area contributed by atoms with Gasteiger partial charge >= 0.3 is 5.97 Å². The van der Waals surface area contributed by atoms with Crippen molar-refractivity contribution in [2.75, 3.05) is 0 Å². The summed E-state index contributed by atoms with van der Waals surface area (Å²) in [6.45, 7) is 1.41. The van der Waals surface area contributed by atoms with Gasteiger partial charge in [0.2, 0.25) is 0 Å². The molecule has 0 amide bonds. The molecule has 0 spiro atoms. The molecule has 3 nitrogen and oxygen atoms in total. The highest BCUT2D eigenvalue weighted by Gasteiger charge is 1.87. The minimum atomic E-state index is -1.02. The Labute approximate surface area is 53.0 Å². The molecule has 0 rings (SSSR count). The molecule has 0 aromatic carbocycles. The second kappa shape index (κ2) is 3.83. The Morgan fingerprint density at radius 3 is 2.44 bits per heavy atom. The second-order valence-electron chi connectivity index (χ2n) is 1.65. The fourth-order valence-electron chi connectivity index (χ4n) is 0.326. The number of hydrogen-bond donors (Lipinski definition) is 1. The first-order valence-corrected chi connectivity index (χ1v) is 2.52. The molecule has 0 aliphatic carbocycles. The van der Waals surface area contributed by atoms with Crippen LogP contribution < -0.4 is 0 Å². The van der Waals surface area contributed by atoms with Crippen LogP contribution in [0.2, 0.25) is 0 Å². The maximum absolute atomic E-state index is 10.2. The maximum Gasteiger partial charge on any atom is 0.327 e. The summed E-state index contributed by atoms with van der Waals surface area (Å²) in [5.41, 5.74) is 0. The van der Waals surface area contributed by atoms with Gasteiger partial charge in [-0.15, -0.1) is 0 Å². The van der Waals surface area contributed by atoms with Gasteiger partial charge in [-0.25, -0.2) is 4.79 Å². The zero-order chi connectivity index (χ0) is 7.28. The Kier molecular flexibility index (Phi) is 3.35. The number of carbonyl (C=O) groups excluding carboxylic acids is 1. The van der Waals surface area contributed by atoms with Crippen LogP contribution in [0.3, 0.4) is 0 Å². The van der Waals surface area contributed by atoms with Crippen molar-refractivity contribution in [1.82, 2.24) is 0 Å². The van der Waals surface area contributed by atoms with E-state index in [-0.39, 0.29) is 12.2 Å². The van der Waals surface area contributed by atoms with Gasteiger partial charge in [-0.2, -0.15) is 0 Å². The van der Waals surface area contributed by atoms with Crippen LogP contribution in [0.15, 0.2) is 12.2 Å². The SMILES string of the molecule is CC(=O)CC=CC(=O)O. The van der Waals surface area contributed by atoms with Crippen molar-refractivity contribution in [2.45, 2.75) is 13.3 Å². The summed E-state index contributed by atoms with van der Waals surface area (Å²) in [5, 5.41) is 8.03. The van der Waals surface area contributed by atoms with E-state index in [2.05, 4.69) is 0 Å². The Balaban J connectivity index is 3.48. The summed E-state index contributed by atoms with van der Waals surface area (Å²) in [4.78, 5) is 20.0. The molecule has 0 saturated carbocycles. The first-order valence-electron chi connectivity index (χ1n) is 2.52. The highest BCUT2D eigenvalue weighted by Crippen LogP contribution is 1.83. The Morgan fingerprint density at radius 2 is 2.11 bits per heavy atom. The van der Waals surface area contributed by atoms with E-state index in [1.807, 2.05) is 0 Å². The van der Waals surface area contributed by atoms with Gasteiger partial charge in [0.05, 0.1) is 0 Å². The molecule has 0 aromatic heterocycles. The molecule has 0 aromatic rings. The quantitative estimate of drug-likeness (QED) is 0.566. The van der Waals surface area contributed by atoms with Crippen molar-refractivity contribution < 1.29 is 14.7 Å². The number of hydrogen-bond acceptors (Lipinski definition) is 2. The van der Waals surface area contributed by atoms with Crippen LogP contribution in [-0.2, 0) is 9.59 Å². The summed E-state index contributed by atoms with van der Waals surface area (Å²) in [6, 6.07) is 0. The van der Waals surface area contributed by atoms with Crippen LogP contribution in [0.4, 0.5) is 0 Å². The Hall–Kier alpha value is -1.12. The predicted octanol–water partition coefficient (Wildman–Crippen LogP) is 0.606. The molecule has 0 bridgehead atoms. The molecule has 0 heterocycles. The number of allylic oxidation sites excluding steroid dienone is 1. The van der Waals surface area contributed by atoms with Crippen molar-refractivity contribution in [3.05, 3.63) is 12.2 Å². The van der Waals surface area contributed by atoms with Gasteiger partial charge in [-0.1, -0.05) is 6.08 Å². The number of rotatable bonds is 3. The second-order valence-corrected chi connectivity index (χ2v) is 1.65. The van der Waals surface area contributed by atoms with Crippen molar-refractivity contribution in [3.8, 4) is 0 Å². The third kappa shape index (κ3) is 6.88. The van der Waals surface area contributed by atoms with E-state index in [4.69, 9.17) is 5.11 Å². The van der Waals surface area contributed by atoms with Gasteiger partial charge in [0, 0.05) is 12.5 Å². The fourth-order valence-corrected chi connectivity index (χ4v) is 0.326. The van der Waals surface area contributed by atoms with Gasteiger partial charge < -0.3 is 5.11 Å². The molecule has 50 valence electrons. The van der Waals surface area contributed by atoms with Gasteiger partial charge in [0.1, 0.15) is 5.78 Å². The normalized spacial score (nSPS) is 9.89. The summed E-state index contributed by atoms with van der Waals surface area (Å²) >= 11 is 0. The summed E-state index contributed by atoms with van der Waals surface area (Å²) < 4.78 is 0. The van der Waals surface area contributed by atoms with Crippen molar-refractivity contribution in [1.29, 1.82) is 0 Å². The fraction of sp³-hybridized carbons (Fsp3) is 0.333. The van der Waals surface area contributed by atoms with E-state index in [0.29, 0.717) is 0 Å². The van der Waals surface area contributed by atoms with Gasteiger partial charge in [-0.05, 0) is 6.92 Å². The molecule has 0 fully saturated rings. The number of carbonyl (C=O) groups is 2. The lowest BCUT2D eigenvalue weighted by molar-refractivity contribution is -0.131. The largest absolute Gasteiger partial charge is 0.478 e. The molecule has 0 atom stereocenters. The molecule has 0 radical (unpaired) electrons. The highest BCUT2D eigenvalue weighted by atomic mass is 16.4. The van der Waals surface area contributed by atoms with Gasteiger partial charge in [0.15, 0.2) is 0 Å². The van der Waals surface area contributed by atoms with Crippen LogP contribution in [0.5, 0.6) is 0 Å². The molecular formula is C6H8O3. The van der Waals surface area contributed by atoms with E-state index in [0.717, 1.165) is 6.08 Å². The van der Waals surface area contributed by atoms with E-state index < -0.39 is 5.97 Å². The molecule has 3 heteroatoms. The van der Waals surface area contributed by atoms with E-state index >= 15 is 0 Å². The topological polar surface area (TPSA) is 54.4 Å². The Bertz CT molecular complexity index is 146. The maximum atomic E-state index is 10.2. The number of aliphatic carboxylic acids is 1. The number of carboxylic acids is 1. The number of carboxylic acid groups (broad SMARTS) is 1. The van der Waals surface area contributed by atoms with Crippen LogP contribution >= 0.6 is 0 Å². The predicted molar refractivity (Wildman–Crippen MR) is 32.1 cm³/mol. The molecule has 9 heavy (non-hydrogen) atoms. The monoisotopic (exact) mass is 128 g/mol. The van der Waals surface area contributed by atoms with Gasteiger partial charge in [0.25, 0.3) is 0 Å². The summed E-state index contributed by atoms with van der Waals surface area (Å²) in [6.07, 6.45) is 2.48. The van der Waals surface area contributed by atoms with Crippen LogP contribution in [-0.4, -0.2) is 16.9 Å². The third-order valence-electron chi connectivity index (χ3n) is 0.666. The summed E-state index contributed by atoms with van der Waals surface area (Å²) in [7, 11) is 0. The molecule has 0 unspecified atom stereocenters. The zero-order valence-electron chi connectivity index (χ0n) is 5.13. The lowest BCUT2D eigenvalue weighted by Crippen LogP contribution is -1.89. The van der Waals surface area contributed by atoms with Crippen molar-refractivity contribution in [3.63, 3.8) is 0 Å². The van der Waals surface area contributed by atoms with E-state index in [1.54, 1.807) is 0 Å². The zero-order valence-corrected chi connectivity index (χ0v) is 5.13. The molecule has 0 aliphatic heterocycles. The van der Waals surface area contributed by atoms with Gasteiger partial charge in [-0.3, -0.25) is 4.79 Å². The van der Waals surface area contributed by atoms with E-state index in [1.165, 1.54) is 13.0 Å².